The molecule has 6 heteroatoms. The van der Waals surface area contributed by atoms with Crippen LogP contribution in [-0.2, 0) is 0 Å². The van der Waals surface area contributed by atoms with E-state index >= 15 is 0 Å². The molecule has 0 atom stereocenters. The summed E-state index contributed by atoms with van der Waals surface area (Å²) in [7, 11) is 0. The smallest absolute Gasteiger partial charge is 0.199 e. The Balaban J connectivity index is 2.10. The van der Waals surface area contributed by atoms with Crippen LogP contribution in [0.1, 0.15) is 0 Å². The number of nitrogens with one attached hydrogen (secondary N) is 2. The average molecular weight is 289 g/mol. The van der Waals surface area contributed by atoms with Crippen molar-refractivity contribution >= 4 is 34.6 Å². The van der Waals surface area contributed by atoms with Gasteiger partial charge in [0.1, 0.15) is 5.82 Å². The van der Waals surface area contributed by atoms with Crippen LogP contribution < -0.4 is 5.32 Å². The molecule has 0 amide bonds. The van der Waals surface area contributed by atoms with Crippen LogP contribution in [0.15, 0.2) is 42.5 Å². The SMILES string of the molecule is Fc1ccc(Nc2nc(=S)[nH]c3ccccc23)cc1F. The summed E-state index contributed by atoms with van der Waals surface area (Å²) in [6.07, 6.45) is 0. The molecule has 0 unspecified atom stereocenters. The van der Waals surface area contributed by atoms with Crippen molar-refractivity contribution in [1.29, 1.82) is 0 Å². The molecule has 3 aromatic rings. The van der Waals surface area contributed by atoms with Crippen molar-refractivity contribution in [3.05, 3.63) is 58.9 Å². The van der Waals surface area contributed by atoms with Crippen molar-refractivity contribution in [2.75, 3.05) is 5.32 Å². The lowest BCUT2D eigenvalue weighted by atomic mass is 10.2. The minimum Gasteiger partial charge on any atom is -0.339 e. The molecule has 0 saturated carbocycles. The lowest BCUT2D eigenvalue weighted by Gasteiger charge is -2.09. The number of nitrogens with zero attached hydrogens (tertiary/aromatic N) is 1. The van der Waals surface area contributed by atoms with E-state index in [9.17, 15) is 8.78 Å². The Morgan fingerprint density at radius 1 is 1.05 bits per heavy atom. The topological polar surface area (TPSA) is 40.7 Å². The normalized spacial score (nSPS) is 10.7. The van der Waals surface area contributed by atoms with E-state index in [0.29, 0.717) is 16.3 Å². The number of anilines is 2. The molecule has 0 aliphatic heterocycles. The fourth-order valence-electron chi connectivity index (χ4n) is 1.91. The van der Waals surface area contributed by atoms with E-state index in [4.69, 9.17) is 12.2 Å². The third-order valence-electron chi connectivity index (χ3n) is 2.82. The Morgan fingerprint density at radius 2 is 1.85 bits per heavy atom. The summed E-state index contributed by atoms with van der Waals surface area (Å²) in [5, 5.41) is 3.76. The zero-order chi connectivity index (χ0) is 14.1. The van der Waals surface area contributed by atoms with E-state index in [0.717, 1.165) is 23.0 Å². The fraction of sp³-hybridized carbons (Fsp3) is 0. The molecule has 3 rings (SSSR count). The standard InChI is InChI=1S/C14H9F2N3S/c15-10-6-5-8(7-11(10)16)17-13-9-3-1-2-4-12(9)18-14(20)19-13/h1-7H,(H2,17,18,19,20). The molecule has 0 aliphatic rings. The van der Waals surface area contributed by atoms with E-state index in [2.05, 4.69) is 15.3 Å². The van der Waals surface area contributed by atoms with Crippen LogP contribution in [0, 0.1) is 16.4 Å². The van der Waals surface area contributed by atoms with Crippen LogP contribution in [0.5, 0.6) is 0 Å². The number of halogens is 2. The molecule has 0 aliphatic carbocycles. The van der Waals surface area contributed by atoms with Gasteiger partial charge in [0.25, 0.3) is 0 Å². The average Bonchev–Trinajstić information content (AvgIpc) is 2.43. The quantitative estimate of drug-likeness (QED) is 0.690. The zero-order valence-corrected chi connectivity index (χ0v) is 11.0. The van der Waals surface area contributed by atoms with Gasteiger partial charge in [0.2, 0.25) is 0 Å². The summed E-state index contributed by atoms with van der Waals surface area (Å²) in [6, 6.07) is 11.0. The van der Waals surface area contributed by atoms with E-state index in [1.54, 1.807) is 0 Å². The number of fused-ring (bicyclic) bond motifs is 1. The first-order chi connectivity index (χ1) is 9.63. The molecular formula is C14H9F2N3S. The highest BCUT2D eigenvalue weighted by Gasteiger charge is 2.06. The zero-order valence-electron chi connectivity index (χ0n) is 10.2. The first-order valence-corrected chi connectivity index (χ1v) is 6.25. The fourth-order valence-corrected chi connectivity index (χ4v) is 2.11. The first-order valence-electron chi connectivity index (χ1n) is 5.84. The lowest BCUT2D eigenvalue weighted by molar-refractivity contribution is 0.509. The van der Waals surface area contributed by atoms with Gasteiger partial charge in [-0.3, -0.25) is 0 Å². The van der Waals surface area contributed by atoms with Crippen molar-refractivity contribution in [3.8, 4) is 0 Å². The summed E-state index contributed by atoms with van der Waals surface area (Å²) in [4.78, 5) is 7.15. The van der Waals surface area contributed by atoms with Crippen LogP contribution in [-0.4, -0.2) is 9.97 Å². The number of hydrogen-bond donors (Lipinski definition) is 2. The van der Waals surface area contributed by atoms with E-state index < -0.39 is 11.6 Å². The molecule has 0 radical (unpaired) electrons. The van der Waals surface area contributed by atoms with E-state index in [-0.39, 0.29) is 0 Å². The highest BCUT2D eigenvalue weighted by atomic mass is 32.1. The third kappa shape index (κ3) is 2.37. The largest absolute Gasteiger partial charge is 0.339 e. The molecule has 100 valence electrons. The van der Waals surface area contributed by atoms with Gasteiger partial charge < -0.3 is 10.3 Å². The van der Waals surface area contributed by atoms with Crippen LogP contribution in [0.25, 0.3) is 10.9 Å². The molecule has 1 heterocycles. The number of rotatable bonds is 2. The van der Waals surface area contributed by atoms with Gasteiger partial charge in [-0.25, -0.2) is 13.8 Å². The molecule has 3 nitrogen and oxygen atoms in total. The van der Waals surface area contributed by atoms with Gasteiger partial charge in [0.15, 0.2) is 16.4 Å². The molecule has 2 N–H and O–H groups in total. The maximum absolute atomic E-state index is 13.2. The number of para-hydroxylation sites is 1. The minimum atomic E-state index is -0.916. The highest BCUT2D eigenvalue weighted by Crippen LogP contribution is 2.23. The second-order valence-electron chi connectivity index (χ2n) is 4.19. The van der Waals surface area contributed by atoms with E-state index in [1.165, 1.54) is 6.07 Å². The highest BCUT2D eigenvalue weighted by molar-refractivity contribution is 7.71. The number of aromatic nitrogens is 2. The van der Waals surface area contributed by atoms with Crippen molar-refractivity contribution in [3.63, 3.8) is 0 Å². The maximum Gasteiger partial charge on any atom is 0.199 e. The van der Waals surface area contributed by atoms with Gasteiger partial charge >= 0.3 is 0 Å². The van der Waals surface area contributed by atoms with E-state index in [1.807, 2.05) is 24.3 Å². The number of hydrogen-bond acceptors (Lipinski definition) is 3. The monoisotopic (exact) mass is 289 g/mol. The molecule has 0 spiro atoms. The van der Waals surface area contributed by atoms with Crippen molar-refractivity contribution in [1.82, 2.24) is 9.97 Å². The number of benzene rings is 2. The predicted molar refractivity (Wildman–Crippen MR) is 76.6 cm³/mol. The number of aromatic amines is 1. The van der Waals surface area contributed by atoms with Gasteiger partial charge in [-0.2, -0.15) is 0 Å². The predicted octanol–water partition coefficient (Wildman–Crippen LogP) is 4.31. The molecule has 20 heavy (non-hydrogen) atoms. The number of H-pyrrole nitrogens is 1. The molecule has 2 aromatic carbocycles. The maximum atomic E-state index is 13.2. The van der Waals surface area contributed by atoms with Crippen molar-refractivity contribution < 1.29 is 8.78 Å². The van der Waals surface area contributed by atoms with Crippen LogP contribution >= 0.6 is 12.2 Å². The van der Waals surface area contributed by atoms with Crippen molar-refractivity contribution in [2.45, 2.75) is 0 Å². The van der Waals surface area contributed by atoms with Gasteiger partial charge in [-0.05, 0) is 36.5 Å². The molecule has 1 aromatic heterocycles. The third-order valence-corrected chi connectivity index (χ3v) is 3.01. The molecule has 0 fully saturated rings. The Bertz CT molecular complexity index is 845. The summed E-state index contributed by atoms with van der Waals surface area (Å²) in [6.45, 7) is 0. The van der Waals surface area contributed by atoms with Gasteiger partial charge in [0.05, 0.1) is 5.52 Å². The van der Waals surface area contributed by atoms with Crippen LogP contribution in [0.3, 0.4) is 0 Å². The van der Waals surface area contributed by atoms with Crippen molar-refractivity contribution in [2.24, 2.45) is 0 Å². The van der Waals surface area contributed by atoms with Gasteiger partial charge in [-0.15, -0.1) is 0 Å². The molecular weight excluding hydrogens is 280 g/mol. The van der Waals surface area contributed by atoms with Gasteiger partial charge in [-0.1, -0.05) is 12.1 Å². The Hall–Kier alpha value is -2.34. The van der Waals surface area contributed by atoms with Crippen LogP contribution in [0.4, 0.5) is 20.3 Å². The summed E-state index contributed by atoms with van der Waals surface area (Å²) < 4.78 is 26.4. The second-order valence-corrected chi connectivity index (χ2v) is 4.58. The van der Waals surface area contributed by atoms with Gasteiger partial charge in [0, 0.05) is 17.1 Å². The second kappa shape index (κ2) is 4.97. The summed E-state index contributed by atoms with van der Waals surface area (Å²) >= 11 is 5.05. The molecule has 0 saturated heterocycles. The first kappa shape index (κ1) is 12.7. The van der Waals surface area contributed by atoms with Crippen LogP contribution in [0.2, 0.25) is 0 Å². The summed E-state index contributed by atoms with van der Waals surface area (Å²) in [5.74, 6) is -1.31. The Labute approximate surface area is 118 Å². The Kier molecular flexibility index (Phi) is 3.15. The lowest BCUT2D eigenvalue weighted by Crippen LogP contribution is -1.98. The minimum absolute atomic E-state index is 0.314. The Morgan fingerprint density at radius 3 is 2.65 bits per heavy atom. The summed E-state index contributed by atoms with van der Waals surface area (Å²) in [5.41, 5.74) is 1.22. The molecule has 0 bridgehead atoms.